The molecule has 1 fully saturated rings. The van der Waals surface area contributed by atoms with Gasteiger partial charge in [0, 0.05) is 42.2 Å². The number of halogens is 2. The van der Waals surface area contributed by atoms with E-state index in [2.05, 4.69) is 33.7 Å². The predicted octanol–water partition coefficient (Wildman–Crippen LogP) is 5.60. The summed E-state index contributed by atoms with van der Waals surface area (Å²) in [6, 6.07) is 9.92. The molecule has 2 aromatic heterocycles. The van der Waals surface area contributed by atoms with Crippen LogP contribution in [0.5, 0.6) is 11.8 Å². The lowest BCUT2D eigenvalue weighted by atomic mass is 10.0. The van der Waals surface area contributed by atoms with Crippen LogP contribution in [0.3, 0.4) is 0 Å². The molecule has 242 valence electrons. The first-order chi connectivity index (χ1) is 22.3. The maximum Gasteiger partial charge on any atom is 0.513 e. The summed E-state index contributed by atoms with van der Waals surface area (Å²) >= 11 is 6.76. The van der Waals surface area contributed by atoms with Crippen molar-refractivity contribution in [3.63, 3.8) is 0 Å². The second-order valence-corrected chi connectivity index (χ2v) is 12.6. The highest BCUT2D eigenvalue weighted by Crippen LogP contribution is 2.40. The number of rotatable bonds is 7. The van der Waals surface area contributed by atoms with Crippen LogP contribution < -0.4 is 19.3 Å². The van der Waals surface area contributed by atoms with Crippen molar-refractivity contribution in [3.05, 3.63) is 64.6 Å². The molecule has 7 rings (SSSR count). The van der Waals surface area contributed by atoms with Crippen molar-refractivity contribution in [3.8, 4) is 11.8 Å². The molecule has 0 aliphatic carbocycles. The summed E-state index contributed by atoms with van der Waals surface area (Å²) in [6.07, 6.45) is 3.63. The molecule has 3 aliphatic heterocycles. The van der Waals surface area contributed by atoms with E-state index in [0.717, 1.165) is 52.9 Å². The Morgan fingerprint density at radius 3 is 2.85 bits per heavy atom. The number of aromatic nitrogens is 4. The van der Waals surface area contributed by atoms with Crippen molar-refractivity contribution in [2.45, 2.75) is 64.8 Å². The molecule has 2 aromatic carbocycles. The lowest BCUT2D eigenvalue weighted by molar-refractivity contribution is 0.104. The Morgan fingerprint density at radius 2 is 2.04 bits per heavy atom. The fraction of sp³-hybridized carbons (Fsp3) is 0.455. The normalized spacial score (nSPS) is 19.7. The summed E-state index contributed by atoms with van der Waals surface area (Å²) < 4.78 is 33.4. The van der Waals surface area contributed by atoms with E-state index < -0.39 is 12.1 Å². The zero-order valence-corrected chi connectivity index (χ0v) is 27.0. The number of imidazole rings is 1. The Kier molecular flexibility index (Phi) is 8.33. The monoisotopic (exact) mass is 649 g/mol. The predicted molar refractivity (Wildman–Crippen MR) is 172 cm³/mol. The lowest BCUT2D eigenvalue weighted by Gasteiger charge is -2.38. The van der Waals surface area contributed by atoms with Gasteiger partial charge in [-0.25, -0.2) is 9.78 Å². The molecule has 0 unspecified atom stereocenters. The average molecular weight is 650 g/mol. The van der Waals surface area contributed by atoms with Gasteiger partial charge in [0.15, 0.2) is 0 Å². The van der Waals surface area contributed by atoms with Crippen molar-refractivity contribution in [1.29, 1.82) is 0 Å². The van der Waals surface area contributed by atoms with E-state index >= 15 is 0 Å². The van der Waals surface area contributed by atoms with Crippen molar-refractivity contribution in [2.24, 2.45) is 0 Å². The highest BCUT2D eigenvalue weighted by molar-refractivity contribution is 6.36. The Labute approximate surface area is 271 Å². The van der Waals surface area contributed by atoms with Crippen molar-refractivity contribution in [1.82, 2.24) is 24.4 Å². The van der Waals surface area contributed by atoms with Crippen LogP contribution in [0.1, 0.15) is 43.6 Å². The first kappa shape index (κ1) is 30.5. The maximum absolute atomic E-state index is 14.7. The minimum Gasteiger partial charge on any atom is -0.462 e. The fourth-order valence-corrected chi connectivity index (χ4v) is 7.10. The van der Waals surface area contributed by atoms with Crippen LogP contribution in [0.15, 0.2) is 36.7 Å². The molecular weight excluding hydrogens is 613 g/mol. The molecule has 4 aromatic rings. The lowest BCUT2D eigenvalue weighted by Crippen LogP contribution is -2.43. The molecule has 11 nitrogen and oxygen atoms in total. The second kappa shape index (κ2) is 12.6. The summed E-state index contributed by atoms with van der Waals surface area (Å²) in [5.74, 6) is 0.671. The number of ether oxygens (including phenoxy) is 3. The minimum absolute atomic E-state index is 0.0476. The Morgan fingerprint density at radius 1 is 1.17 bits per heavy atom. The third-order valence-corrected chi connectivity index (χ3v) is 9.58. The molecule has 0 spiro atoms. The zero-order chi connectivity index (χ0) is 31.9. The smallest absolute Gasteiger partial charge is 0.462 e. The average Bonchev–Trinajstić information content (AvgIpc) is 3.62. The van der Waals surface area contributed by atoms with Gasteiger partial charge in [-0.15, -0.1) is 0 Å². The van der Waals surface area contributed by atoms with Crippen LogP contribution in [-0.2, 0) is 30.8 Å². The first-order valence-electron chi connectivity index (χ1n) is 15.8. The molecule has 0 radical (unpaired) electrons. The number of benzene rings is 2. The number of hydrogen-bond acceptors (Lipinski definition) is 10. The Balaban J connectivity index is 1.27. The fourth-order valence-electron chi connectivity index (χ4n) is 6.82. The van der Waals surface area contributed by atoms with Gasteiger partial charge in [0.25, 0.3) is 0 Å². The number of carbonyl (C=O) groups is 1. The quantitative estimate of drug-likeness (QED) is 0.186. The van der Waals surface area contributed by atoms with Crippen molar-refractivity contribution in [2.75, 3.05) is 43.2 Å². The van der Waals surface area contributed by atoms with Gasteiger partial charge in [0.2, 0.25) is 5.95 Å². The third kappa shape index (κ3) is 5.79. The van der Waals surface area contributed by atoms with E-state index in [4.69, 9.17) is 35.8 Å². The topological polar surface area (TPSA) is 98.1 Å². The van der Waals surface area contributed by atoms with Gasteiger partial charge in [0.1, 0.15) is 18.2 Å². The number of fused-ring (bicyclic) bond motifs is 3. The molecule has 2 atom stereocenters. The second-order valence-electron chi connectivity index (χ2n) is 12.2. The molecule has 13 heteroatoms. The van der Waals surface area contributed by atoms with E-state index in [0.29, 0.717) is 67.7 Å². The number of hydrogen-bond donors (Lipinski definition) is 0. The SMILES string of the molecule is CCOC(=O)Oc1cc(N2CCc3c(nc(OC[C@@H]4CCCN4C)nc3N3Cc4c(F)ncn4C[C@H]3C)C2)c2c(Cl)cccc2c1. The van der Waals surface area contributed by atoms with Gasteiger partial charge in [0.05, 0.1) is 48.1 Å². The van der Waals surface area contributed by atoms with Crippen LogP contribution in [-0.4, -0.2) is 76.0 Å². The zero-order valence-electron chi connectivity index (χ0n) is 26.2. The van der Waals surface area contributed by atoms with Crippen LogP contribution in [0.2, 0.25) is 5.02 Å². The third-order valence-electron chi connectivity index (χ3n) is 9.26. The molecule has 0 amide bonds. The minimum atomic E-state index is -0.765. The molecular formula is C33H37ClFN7O4. The molecule has 46 heavy (non-hydrogen) atoms. The molecule has 0 bridgehead atoms. The van der Waals surface area contributed by atoms with Gasteiger partial charge >= 0.3 is 12.2 Å². The van der Waals surface area contributed by atoms with Crippen molar-refractivity contribution >= 4 is 40.0 Å². The summed E-state index contributed by atoms with van der Waals surface area (Å²) in [5, 5.41) is 2.28. The number of likely N-dealkylation sites (N-methyl/N-ethyl adjacent to an activating group) is 1. The summed E-state index contributed by atoms with van der Waals surface area (Å²) in [7, 11) is 2.11. The highest BCUT2D eigenvalue weighted by Gasteiger charge is 2.33. The molecule has 1 saturated heterocycles. The maximum atomic E-state index is 14.7. The van der Waals surface area contributed by atoms with Crippen molar-refractivity contribution < 1.29 is 23.4 Å². The van der Waals surface area contributed by atoms with E-state index in [1.54, 1.807) is 19.3 Å². The largest absolute Gasteiger partial charge is 0.513 e. The Hall–Kier alpha value is -4.16. The van der Waals surface area contributed by atoms with Crippen LogP contribution in [0.25, 0.3) is 10.8 Å². The highest BCUT2D eigenvalue weighted by atomic mass is 35.5. The van der Waals surface area contributed by atoms with Crippen LogP contribution in [0.4, 0.5) is 20.7 Å². The standard InChI is InChI=1S/C33H37ClFN7O4/c1-4-44-33(43)46-23-13-21-7-5-9-25(34)29(21)27(14-23)40-12-10-24-26(16-40)37-32(45-18-22-8-6-11-39(22)3)38-31(24)42-17-28-30(35)36-19-41(28)15-20(42)2/h5,7,9,13-14,19-20,22H,4,6,8,10-12,15-18H2,1-3H3/t20-,22+/m1/s1. The molecule has 0 N–H and O–H groups in total. The summed E-state index contributed by atoms with van der Waals surface area (Å²) in [5.41, 5.74) is 3.20. The molecule has 0 saturated carbocycles. The van der Waals surface area contributed by atoms with Gasteiger partial charge in [-0.05, 0) is 64.2 Å². The summed E-state index contributed by atoms with van der Waals surface area (Å²) in [6.45, 7) is 7.60. The number of likely N-dealkylation sites (tertiary alicyclic amines) is 1. The molecule has 5 heterocycles. The number of carbonyl (C=O) groups excluding carboxylic acids is 1. The summed E-state index contributed by atoms with van der Waals surface area (Å²) in [4.78, 5) is 32.7. The van der Waals surface area contributed by atoms with Gasteiger partial charge in [-0.3, -0.25) is 0 Å². The molecule has 3 aliphatic rings. The number of nitrogens with zero attached hydrogens (tertiary/aromatic N) is 7. The van der Waals surface area contributed by atoms with Gasteiger partial charge < -0.3 is 33.5 Å². The van der Waals surface area contributed by atoms with Crippen LogP contribution >= 0.6 is 11.6 Å². The van der Waals surface area contributed by atoms with E-state index in [9.17, 15) is 9.18 Å². The van der Waals surface area contributed by atoms with Gasteiger partial charge in [-0.1, -0.05) is 23.7 Å². The van der Waals surface area contributed by atoms with Crippen LogP contribution in [0, 0.1) is 5.95 Å². The first-order valence-corrected chi connectivity index (χ1v) is 16.2. The number of anilines is 2. The van der Waals surface area contributed by atoms with E-state index in [1.165, 1.54) is 0 Å². The van der Waals surface area contributed by atoms with Gasteiger partial charge in [-0.2, -0.15) is 14.4 Å². The Bertz CT molecular complexity index is 1780. The van der Waals surface area contributed by atoms with E-state index in [-0.39, 0.29) is 12.6 Å². The van der Waals surface area contributed by atoms with E-state index in [1.807, 2.05) is 28.8 Å².